The van der Waals surface area contributed by atoms with Gasteiger partial charge in [0, 0.05) is 24.3 Å². The van der Waals surface area contributed by atoms with Crippen LogP contribution in [0, 0.1) is 0 Å². The molecule has 0 atom stereocenters. The van der Waals surface area contributed by atoms with Crippen molar-refractivity contribution in [2.45, 2.75) is 6.54 Å². The van der Waals surface area contributed by atoms with Crippen LogP contribution in [0.15, 0.2) is 47.1 Å². The molecule has 2 heterocycles. The SMILES string of the molecule is O=C(CNCc1ccco1)Nc1cccc(C(=O)N2CCOCC2)c1. The Balaban J connectivity index is 1.52. The number of nitrogens with zero attached hydrogens (tertiary/aromatic N) is 1. The maximum Gasteiger partial charge on any atom is 0.254 e. The number of carbonyl (C=O) groups is 2. The Hall–Kier alpha value is -2.64. The molecular formula is C18H21N3O4. The van der Waals surface area contributed by atoms with Crippen molar-refractivity contribution in [2.75, 3.05) is 38.2 Å². The van der Waals surface area contributed by atoms with Crippen molar-refractivity contribution in [2.24, 2.45) is 0 Å². The van der Waals surface area contributed by atoms with Crippen molar-refractivity contribution in [3.63, 3.8) is 0 Å². The number of carbonyl (C=O) groups excluding carboxylic acids is 2. The predicted molar refractivity (Wildman–Crippen MR) is 92.2 cm³/mol. The molecule has 0 aliphatic carbocycles. The first-order valence-electron chi connectivity index (χ1n) is 8.22. The lowest BCUT2D eigenvalue weighted by atomic mass is 10.1. The van der Waals surface area contributed by atoms with Crippen LogP contribution in [-0.2, 0) is 16.1 Å². The molecule has 0 saturated carbocycles. The van der Waals surface area contributed by atoms with Gasteiger partial charge in [0.25, 0.3) is 5.91 Å². The van der Waals surface area contributed by atoms with Gasteiger partial charge in [-0.2, -0.15) is 0 Å². The fraction of sp³-hybridized carbons (Fsp3) is 0.333. The minimum absolute atomic E-state index is 0.0460. The minimum atomic E-state index is -0.178. The molecule has 3 rings (SSSR count). The Morgan fingerprint density at radius 1 is 1.12 bits per heavy atom. The van der Waals surface area contributed by atoms with Gasteiger partial charge in [-0.1, -0.05) is 6.07 Å². The summed E-state index contributed by atoms with van der Waals surface area (Å²) in [6, 6.07) is 10.6. The minimum Gasteiger partial charge on any atom is -0.468 e. The Morgan fingerprint density at radius 2 is 1.96 bits per heavy atom. The van der Waals surface area contributed by atoms with Crippen LogP contribution in [0.5, 0.6) is 0 Å². The molecule has 1 fully saturated rings. The normalized spacial score (nSPS) is 14.3. The molecule has 1 aromatic heterocycles. The summed E-state index contributed by atoms with van der Waals surface area (Å²) in [4.78, 5) is 26.2. The molecule has 25 heavy (non-hydrogen) atoms. The van der Waals surface area contributed by atoms with Crippen LogP contribution in [0.4, 0.5) is 5.69 Å². The highest BCUT2D eigenvalue weighted by Crippen LogP contribution is 2.13. The van der Waals surface area contributed by atoms with Crippen molar-refractivity contribution < 1.29 is 18.7 Å². The molecule has 7 heteroatoms. The van der Waals surface area contributed by atoms with Crippen molar-refractivity contribution in [3.05, 3.63) is 54.0 Å². The molecule has 2 N–H and O–H groups in total. The van der Waals surface area contributed by atoms with E-state index >= 15 is 0 Å². The lowest BCUT2D eigenvalue weighted by Gasteiger charge is -2.27. The third-order valence-electron chi connectivity index (χ3n) is 3.86. The molecule has 132 valence electrons. The molecule has 0 radical (unpaired) electrons. The lowest BCUT2D eigenvalue weighted by Crippen LogP contribution is -2.40. The van der Waals surface area contributed by atoms with E-state index in [0.717, 1.165) is 5.76 Å². The van der Waals surface area contributed by atoms with Gasteiger partial charge in [-0.3, -0.25) is 9.59 Å². The van der Waals surface area contributed by atoms with Crippen LogP contribution < -0.4 is 10.6 Å². The first-order chi connectivity index (χ1) is 12.2. The first kappa shape index (κ1) is 17.2. The van der Waals surface area contributed by atoms with Gasteiger partial charge in [-0.25, -0.2) is 0 Å². The van der Waals surface area contributed by atoms with E-state index in [-0.39, 0.29) is 18.4 Å². The zero-order valence-corrected chi connectivity index (χ0v) is 13.9. The van der Waals surface area contributed by atoms with Crippen molar-refractivity contribution >= 4 is 17.5 Å². The van der Waals surface area contributed by atoms with Gasteiger partial charge in [-0.05, 0) is 30.3 Å². The number of morpholine rings is 1. The third kappa shape index (κ3) is 4.91. The van der Waals surface area contributed by atoms with Crippen LogP contribution in [0.1, 0.15) is 16.1 Å². The Kier molecular flexibility index (Phi) is 5.81. The number of anilines is 1. The van der Waals surface area contributed by atoms with Crippen LogP contribution in [0.25, 0.3) is 0 Å². The summed E-state index contributed by atoms with van der Waals surface area (Å²) in [5.41, 5.74) is 1.16. The van der Waals surface area contributed by atoms with Gasteiger partial charge in [0.2, 0.25) is 5.91 Å². The molecule has 0 unspecified atom stereocenters. The summed E-state index contributed by atoms with van der Waals surface area (Å²) in [5.74, 6) is 0.545. The standard InChI is InChI=1S/C18H21N3O4/c22-17(13-19-12-16-5-2-8-25-16)20-15-4-1-3-14(11-15)18(23)21-6-9-24-10-7-21/h1-5,8,11,19H,6-7,9-10,12-13H2,(H,20,22). The van der Waals surface area contributed by atoms with Crippen LogP contribution in [0.2, 0.25) is 0 Å². The molecule has 0 bridgehead atoms. The van der Waals surface area contributed by atoms with Crippen molar-refractivity contribution in [1.82, 2.24) is 10.2 Å². The topological polar surface area (TPSA) is 83.8 Å². The molecule has 1 aromatic carbocycles. The number of ether oxygens (including phenoxy) is 1. The average molecular weight is 343 g/mol. The second-order valence-electron chi connectivity index (χ2n) is 5.72. The Labute approximate surface area is 145 Å². The summed E-state index contributed by atoms with van der Waals surface area (Å²) in [6.45, 7) is 2.93. The fourth-order valence-corrected chi connectivity index (χ4v) is 2.60. The van der Waals surface area contributed by atoms with E-state index < -0.39 is 0 Å². The second kappa shape index (κ2) is 8.46. The third-order valence-corrected chi connectivity index (χ3v) is 3.86. The summed E-state index contributed by atoms with van der Waals surface area (Å²) in [5, 5.41) is 5.79. The number of hydrogen-bond acceptors (Lipinski definition) is 5. The highest BCUT2D eigenvalue weighted by Gasteiger charge is 2.18. The van der Waals surface area contributed by atoms with Crippen molar-refractivity contribution in [1.29, 1.82) is 0 Å². The molecule has 1 aliphatic rings. The second-order valence-corrected chi connectivity index (χ2v) is 5.72. The van der Waals surface area contributed by atoms with Gasteiger partial charge in [0.1, 0.15) is 5.76 Å². The molecule has 1 aliphatic heterocycles. The Bertz CT molecular complexity index is 709. The quantitative estimate of drug-likeness (QED) is 0.830. The predicted octanol–water partition coefficient (Wildman–Crippen LogP) is 1.48. The fourth-order valence-electron chi connectivity index (χ4n) is 2.60. The number of furan rings is 1. The molecular weight excluding hydrogens is 322 g/mol. The van der Waals surface area contributed by atoms with E-state index in [0.29, 0.717) is 44.1 Å². The maximum atomic E-state index is 12.5. The molecule has 2 aromatic rings. The number of rotatable bonds is 6. The van der Waals surface area contributed by atoms with E-state index in [1.165, 1.54) is 0 Å². The van der Waals surface area contributed by atoms with E-state index in [4.69, 9.17) is 9.15 Å². The number of nitrogens with one attached hydrogen (secondary N) is 2. The molecule has 2 amide bonds. The van der Waals surface area contributed by atoms with Gasteiger partial charge in [-0.15, -0.1) is 0 Å². The zero-order chi connectivity index (χ0) is 17.5. The largest absolute Gasteiger partial charge is 0.468 e. The van der Waals surface area contributed by atoms with Gasteiger partial charge < -0.3 is 24.7 Å². The van der Waals surface area contributed by atoms with Crippen LogP contribution in [0.3, 0.4) is 0 Å². The summed E-state index contributed by atoms with van der Waals surface area (Å²) < 4.78 is 10.4. The smallest absolute Gasteiger partial charge is 0.254 e. The molecule has 1 saturated heterocycles. The highest BCUT2D eigenvalue weighted by molar-refractivity contribution is 5.97. The lowest BCUT2D eigenvalue weighted by molar-refractivity contribution is -0.115. The first-order valence-corrected chi connectivity index (χ1v) is 8.22. The summed E-state index contributed by atoms with van der Waals surface area (Å²) >= 11 is 0. The van der Waals surface area contributed by atoms with E-state index in [1.54, 1.807) is 41.5 Å². The Morgan fingerprint density at radius 3 is 2.72 bits per heavy atom. The number of amides is 2. The van der Waals surface area contributed by atoms with Gasteiger partial charge in [0.15, 0.2) is 0 Å². The van der Waals surface area contributed by atoms with Crippen LogP contribution >= 0.6 is 0 Å². The zero-order valence-electron chi connectivity index (χ0n) is 13.9. The highest BCUT2D eigenvalue weighted by atomic mass is 16.5. The summed E-state index contributed by atoms with van der Waals surface area (Å²) in [6.07, 6.45) is 1.59. The number of hydrogen-bond donors (Lipinski definition) is 2. The van der Waals surface area contributed by atoms with Crippen LogP contribution in [-0.4, -0.2) is 49.6 Å². The van der Waals surface area contributed by atoms with E-state index in [9.17, 15) is 9.59 Å². The monoisotopic (exact) mass is 343 g/mol. The summed E-state index contributed by atoms with van der Waals surface area (Å²) in [7, 11) is 0. The average Bonchev–Trinajstić information content (AvgIpc) is 3.15. The molecule has 0 spiro atoms. The van der Waals surface area contributed by atoms with Gasteiger partial charge in [0.05, 0.1) is 32.6 Å². The maximum absolute atomic E-state index is 12.5. The molecule has 7 nitrogen and oxygen atoms in total. The van der Waals surface area contributed by atoms with E-state index in [1.807, 2.05) is 6.07 Å². The van der Waals surface area contributed by atoms with Gasteiger partial charge >= 0.3 is 0 Å². The van der Waals surface area contributed by atoms with Crippen molar-refractivity contribution in [3.8, 4) is 0 Å². The number of benzene rings is 1. The van der Waals surface area contributed by atoms with E-state index in [2.05, 4.69) is 10.6 Å².